The lowest BCUT2D eigenvalue weighted by atomic mass is 10.0. The molecule has 17 heavy (non-hydrogen) atoms. The number of anilines is 1. The molecule has 1 N–H and O–H groups in total. The van der Waals surface area contributed by atoms with E-state index in [9.17, 15) is 0 Å². The summed E-state index contributed by atoms with van der Waals surface area (Å²) in [5.41, 5.74) is 1.08. The zero-order valence-electron chi connectivity index (χ0n) is 10.0. The summed E-state index contributed by atoms with van der Waals surface area (Å²) in [5.74, 6) is 0.827. The maximum atomic E-state index is 6.21. The van der Waals surface area contributed by atoms with Gasteiger partial charge in [0.2, 0.25) is 0 Å². The first-order chi connectivity index (χ1) is 8.25. The van der Waals surface area contributed by atoms with Crippen LogP contribution in [-0.4, -0.2) is 6.54 Å². The van der Waals surface area contributed by atoms with Crippen molar-refractivity contribution in [2.75, 3.05) is 11.9 Å². The molecule has 0 amide bonds. The van der Waals surface area contributed by atoms with E-state index in [1.807, 2.05) is 6.07 Å². The van der Waals surface area contributed by atoms with Gasteiger partial charge in [-0.3, -0.25) is 0 Å². The first-order valence-corrected chi connectivity index (χ1v) is 7.90. The van der Waals surface area contributed by atoms with E-state index in [1.165, 1.54) is 42.1 Å². The van der Waals surface area contributed by atoms with E-state index in [0.29, 0.717) is 0 Å². The number of benzene rings is 1. The van der Waals surface area contributed by atoms with Crippen LogP contribution in [0.1, 0.15) is 38.5 Å². The lowest BCUT2D eigenvalue weighted by Crippen LogP contribution is -2.13. The van der Waals surface area contributed by atoms with Crippen LogP contribution in [0, 0.1) is 9.49 Å². The Kier molecular flexibility index (Phi) is 5.42. The first kappa shape index (κ1) is 13.5. The summed E-state index contributed by atoms with van der Waals surface area (Å²) in [4.78, 5) is 0. The molecular weight excluding hydrogens is 345 g/mol. The Balaban J connectivity index is 1.88. The standard InChI is InChI=1S/C14H19ClIN/c15-13-9-12(16)7-8-14(13)17-10-11-5-3-1-2-4-6-11/h7-9,11,17H,1-6,10H2. The average molecular weight is 364 g/mol. The van der Waals surface area contributed by atoms with Gasteiger partial charge in [-0.25, -0.2) is 0 Å². The molecule has 1 aromatic carbocycles. The largest absolute Gasteiger partial charge is 0.384 e. The number of rotatable bonds is 3. The highest BCUT2D eigenvalue weighted by molar-refractivity contribution is 14.1. The van der Waals surface area contributed by atoms with Gasteiger partial charge in [-0.1, -0.05) is 37.3 Å². The summed E-state index contributed by atoms with van der Waals surface area (Å²) >= 11 is 8.50. The van der Waals surface area contributed by atoms with Gasteiger partial charge >= 0.3 is 0 Å². The van der Waals surface area contributed by atoms with Gasteiger partial charge in [0, 0.05) is 10.1 Å². The molecule has 1 fully saturated rings. The summed E-state index contributed by atoms with van der Waals surface area (Å²) in [6, 6.07) is 6.19. The maximum Gasteiger partial charge on any atom is 0.0648 e. The van der Waals surface area contributed by atoms with Crippen LogP contribution in [0.5, 0.6) is 0 Å². The van der Waals surface area contributed by atoms with Crippen LogP contribution in [0.4, 0.5) is 5.69 Å². The Bertz CT molecular complexity index is 359. The molecule has 0 atom stereocenters. The zero-order valence-corrected chi connectivity index (χ0v) is 12.9. The monoisotopic (exact) mass is 363 g/mol. The molecule has 0 unspecified atom stereocenters. The smallest absolute Gasteiger partial charge is 0.0648 e. The van der Waals surface area contributed by atoms with Crippen molar-refractivity contribution < 1.29 is 0 Å². The van der Waals surface area contributed by atoms with Crippen molar-refractivity contribution in [1.29, 1.82) is 0 Å². The predicted octanol–water partition coefficient (Wildman–Crippen LogP) is 5.33. The lowest BCUT2D eigenvalue weighted by Gasteiger charge is -2.16. The molecule has 1 aromatic rings. The number of hydrogen-bond acceptors (Lipinski definition) is 1. The van der Waals surface area contributed by atoms with Crippen LogP contribution < -0.4 is 5.32 Å². The lowest BCUT2D eigenvalue weighted by molar-refractivity contribution is 0.483. The van der Waals surface area contributed by atoms with Crippen LogP contribution >= 0.6 is 34.2 Å². The van der Waals surface area contributed by atoms with E-state index in [1.54, 1.807) is 0 Å². The normalized spacial score (nSPS) is 17.8. The minimum Gasteiger partial charge on any atom is -0.384 e. The zero-order chi connectivity index (χ0) is 12.1. The van der Waals surface area contributed by atoms with Crippen LogP contribution in [0.15, 0.2) is 18.2 Å². The van der Waals surface area contributed by atoms with Gasteiger partial charge in [0.1, 0.15) is 0 Å². The van der Waals surface area contributed by atoms with Crippen molar-refractivity contribution in [1.82, 2.24) is 0 Å². The van der Waals surface area contributed by atoms with Gasteiger partial charge in [-0.05, 0) is 59.5 Å². The number of halogens is 2. The Morgan fingerprint density at radius 1 is 1.18 bits per heavy atom. The molecule has 1 aliphatic carbocycles. The molecule has 2 rings (SSSR count). The van der Waals surface area contributed by atoms with Crippen molar-refractivity contribution in [3.05, 3.63) is 26.8 Å². The molecule has 0 aromatic heterocycles. The summed E-state index contributed by atoms with van der Waals surface area (Å²) < 4.78 is 1.19. The fraction of sp³-hybridized carbons (Fsp3) is 0.571. The second-order valence-electron chi connectivity index (χ2n) is 4.86. The van der Waals surface area contributed by atoms with E-state index in [4.69, 9.17) is 11.6 Å². The van der Waals surface area contributed by atoms with Crippen molar-refractivity contribution in [3.63, 3.8) is 0 Å². The Morgan fingerprint density at radius 2 is 1.88 bits per heavy atom. The summed E-state index contributed by atoms with van der Waals surface area (Å²) in [7, 11) is 0. The van der Waals surface area contributed by atoms with Crippen LogP contribution in [-0.2, 0) is 0 Å². The quantitative estimate of drug-likeness (QED) is 0.565. The van der Waals surface area contributed by atoms with Crippen LogP contribution in [0.2, 0.25) is 5.02 Å². The van der Waals surface area contributed by atoms with E-state index >= 15 is 0 Å². The minimum absolute atomic E-state index is 0.827. The predicted molar refractivity (Wildman–Crippen MR) is 83.9 cm³/mol. The van der Waals surface area contributed by atoms with Crippen molar-refractivity contribution >= 4 is 39.9 Å². The Hall–Kier alpha value is 0.0400. The maximum absolute atomic E-state index is 6.21. The summed E-state index contributed by atoms with van der Waals surface area (Å²) in [6.07, 6.45) is 8.37. The molecule has 0 bridgehead atoms. The summed E-state index contributed by atoms with van der Waals surface area (Å²) in [5, 5.41) is 4.34. The van der Waals surface area contributed by atoms with Crippen LogP contribution in [0.25, 0.3) is 0 Å². The minimum atomic E-state index is 0.827. The van der Waals surface area contributed by atoms with E-state index in [0.717, 1.165) is 23.2 Å². The van der Waals surface area contributed by atoms with Gasteiger partial charge < -0.3 is 5.32 Å². The third-order valence-electron chi connectivity index (χ3n) is 3.49. The molecule has 1 nitrogen and oxygen atoms in total. The topological polar surface area (TPSA) is 12.0 Å². The first-order valence-electron chi connectivity index (χ1n) is 6.44. The fourth-order valence-corrected chi connectivity index (χ4v) is 3.38. The van der Waals surface area contributed by atoms with Gasteiger partial charge in [0.05, 0.1) is 10.7 Å². The molecule has 0 spiro atoms. The third kappa shape index (κ3) is 4.32. The SMILES string of the molecule is Clc1cc(I)ccc1NCC1CCCCCC1. The molecular formula is C14H19ClIN. The van der Waals surface area contributed by atoms with Gasteiger partial charge in [0.25, 0.3) is 0 Å². The molecule has 1 aliphatic rings. The Labute approximate surface area is 122 Å². The summed E-state index contributed by atoms with van der Waals surface area (Å²) in [6.45, 7) is 1.07. The van der Waals surface area contributed by atoms with E-state index < -0.39 is 0 Å². The highest BCUT2D eigenvalue weighted by Gasteiger charge is 2.12. The molecule has 0 aliphatic heterocycles. The average Bonchev–Trinajstić information content (AvgIpc) is 2.56. The Morgan fingerprint density at radius 3 is 2.53 bits per heavy atom. The van der Waals surface area contributed by atoms with Gasteiger partial charge in [-0.2, -0.15) is 0 Å². The van der Waals surface area contributed by atoms with Gasteiger partial charge in [0.15, 0.2) is 0 Å². The van der Waals surface area contributed by atoms with E-state index in [2.05, 4.69) is 40.0 Å². The number of hydrogen-bond donors (Lipinski definition) is 1. The molecule has 0 heterocycles. The molecule has 1 saturated carbocycles. The van der Waals surface area contributed by atoms with Crippen molar-refractivity contribution in [2.45, 2.75) is 38.5 Å². The molecule has 0 radical (unpaired) electrons. The second kappa shape index (κ2) is 6.83. The third-order valence-corrected chi connectivity index (χ3v) is 4.47. The highest BCUT2D eigenvalue weighted by Crippen LogP contribution is 2.26. The molecule has 3 heteroatoms. The molecule has 0 saturated heterocycles. The van der Waals surface area contributed by atoms with Crippen molar-refractivity contribution in [3.8, 4) is 0 Å². The van der Waals surface area contributed by atoms with Crippen LogP contribution in [0.3, 0.4) is 0 Å². The van der Waals surface area contributed by atoms with Gasteiger partial charge in [-0.15, -0.1) is 0 Å². The van der Waals surface area contributed by atoms with E-state index in [-0.39, 0.29) is 0 Å². The van der Waals surface area contributed by atoms with Crippen molar-refractivity contribution in [2.24, 2.45) is 5.92 Å². The highest BCUT2D eigenvalue weighted by atomic mass is 127. The molecule has 94 valence electrons. The fourth-order valence-electron chi connectivity index (χ4n) is 2.46. The number of nitrogens with one attached hydrogen (secondary N) is 1. The second-order valence-corrected chi connectivity index (χ2v) is 6.52.